The average Bonchev–Trinajstić information content (AvgIpc) is 3.27. The van der Waals surface area contributed by atoms with Gasteiger partial charge in [-0.2, -0.15) is 15.0 Å². The quantitative estimate of drug-likeness (QED) is 0.303. The Bertz CT molecular complexity index is 1410. The van der Waals surface area contributed by atoms with E-state index >= 15 is 0 Å². The van der Waals surface area contributed by atoms with Gasteiger partial charge in [-0.3, -0.25) is 4.57 Å². The molecule has 0 aliphatic rings. The molecule has 2 aromatic heterocycles. The van der Waals surface area contributed by atoms with Crippen molar-refractivity contribution in [3.63, 3.8) is 0 Å². The lowest BCUT2D eigenvalue weighted by Gasteiger charge is -2.11. The molecule has 3 aromatic carbocycles. The minimum atomic E-state index is -0.322. The zero-order chi connectivity index (χ0) is 24.0. The van der Waals surface area contributed by atoms with Crippen LogP contribution in [-0.2, 0) is 12.2 Å². The smallest absolute Gasteiger partial charge is 0.232 e. The van der Waals surface area contributed by atoms with Gasteiger partial charge in [0.05, 0.1) is 5.75 Å². The second-order valence-corrected chi connectivity index (χ2v) is 8.53. The molecule has 0 saturated carbocycles. The topological polar surface area (TPSA) is 107 Å². The van der Waals surface area contributed by atoms with Crippen LogP contribution >= 0.6 is 11.8 Å². The molecule has 0 aliphatic carbocycles. The van der Waals surface area contributed by atoms with Crippen LogP contribution in [0, 0.1) is 5.82 Å². The number of thioether (sulfide) groups is 1. The molecule has 5 rings (SSSR count). The zero-order valence-corrected chi connectivity index (χ0v) is 19.4. The maximum Gasteiger partial charge on any atom is 0.232 e. The highest BCUT2D eigenvalue weighted by Gasteiger charge is 2.16. The van der Waals surface area contributed by atoms with E-state index in [-0.39, 0.29) is 17.7 Å². The summed E-state index contributed by atoms with van der Waals surface area (Å²) in [5.41, 5.74) is 8.68. The standard InChI is InChI=1S/C25H21FN8S/c26-18-11-13-19(14-12-18)28-24-30-21(29-23(27)31-24)16-35-25-33-32-22(15-17-7-3-1-4-8-17)34(25)20-9-5-2-6-10-20/h1-14H,15-16H2,(H3,27,28,29,30,31). The summed E-state index contributed by atoms with van der Waals surface area (Å²) >= 11 is 1.46. The van der Waals surface area contributed by atoms with Crippen molar-refractivity contribution in [3.05, 3.63) is 108 Å². The molecule has 0 amide bonds. The van der Waals surface area contributed by atoms with E-state index in [2.05, 4.69) is 42.6 Å². The normalized spacial score (nSPS) is 10.9. The predicted molar refractivity (Wildman–Crippen MR) is 134 cm³/mol. The molecule has 174 valence electrons. The third-order valence-electron chi connectivity index (χ3n) is 5.05. The molecule has 5 aromatic rings. The van der Waals surface area contributed by atoms with Gasteiger partial charge in [0.25, 0.3) is 0 Å². The second kappa shape index (κ2) is 10.3. The van der Waals surface area contributed by atoms with Crippen LogP contribution in [0.3, 0.4) is 0 Å². The van der Waals surface area contributed by atoms with Crippen LogP contribution in [0.25, 0.3) is 5.69 Å². The van der Waals surface area contributed by atoms with E-state index in [0.29, 0.717) is 28.8 Å². The first kappa shape index (κ1) is 22.5. The molecule has 35 heavy (non-hydrogen) atoms. The van der Waals surface area contributed by atoms with Gasteiger partial charge in [0.15, 0.2) is 5.16 Å². The van der Waals surface area contributed by atoms with E-state index in [1.165, 1.54) is 23.9 Å². The van der Waals surface area contributed by atoms with Crippen molar-refractivity contribution in [2.45, 2.75) is 17.3 Å². The lowest BCUT2D eigenvalue weighted by atomic mass is 10.1. The van der Waals surface area contributed by atoms with Crippen LogP contribution in [0.1, 0.15) is 17.2 Å². The Hall–Kier alpha value is -4.31. The Morgan fingerprint density at radius 2 is 1.54 bits per heavy atom. The number of nitrogens with one attached hydrogen (secondary N) is 1. The first-order valence-corrected chi connectivity index (χ1v) is 11.8. The van der Waals surface area contributed by atoms with Crippen molar-refractivity contribution >= 4 is 29.3 Å². The van der Waals surface area contributed by atoms with Crippen molar-refractivity contribution < 1.29 is 4.39 Å². The van der Waals surface area contributed by atoms with Crippen molar-refractivity contribution in [3.8, 4) is 5.69 Å². The van der Waals surface area contributed by atoms with Crippen LogP contribution in [0.5, 0.6) is 0 Å². The third-order valence-corrected chi connectivity index (χ3v) is 5.97. The van der Waals surface area contributed by atoms with E-state index in [4.69, 9.17) is 5.73 Å². The average molecular weight is 485 g/mol. The summed E-state index contributed by atoms with van der Waals surface area (Å²) in [4.78, 5) is 12.8. The molecule has 0 atom stereocenters. The Morgan fingerprint density at radius 3 is 2.29 bits per heavy atom. The summed E-state index contributed by atoms with van der Waals surface area (Å²) in [5, 5.41) is 12.7. The monoisotopic (exact) mass is 484 g/mol. The van der Waals surface area contributed by atoms with Crippen LogP contribution < -0.4 is 11.1 Å². The highest BCUT2D eigenvalue weighted by Crippen LogP contribution is 2.26. The molecule has 0 spiro atoms. The van der Waals surface area contributed by atoms with Crippen molar-refractivity contribution in [2.24, 2.45) is 0 Å². The lowest BCUT2D eigenvalue weighted by Crippen LogP contribution is -2.07. The highest BCUT2D eigenvalue weighted by atomic mass is 32.2. The first-order chi connectivity index (χ1) is 17.1. The van der Waals surface area contributed by atoms with Gasteiger partial charge < -0.3 is 11.1 Å². The SMILES string of the molecule is Nc1nc(CSc2nnc(Cc3ccccc3)n2-c2ccccc2)nc(Nc2ccc(F)cc2)n1. The van der Waals surface area contributed by atoms with Gasteiger partial charge in [-0.15, -0.1) is 10.2 Å². The van der Waals surface area contributed by atoms with Crippen LogP contribution in [0.2, 0.25) is 0 Å². The third kappa shape index (κ3) is 5.61. The summed E-state index contributed by atoms with van der Waals surface area (Å²) in [6.45, 7) is 0. The minimum Gasteiger partial charge on any atom is -0.368 e. The molecule has 0 fully saturated rings. The van der Waals surface area contributed by atoms with Gasteiger partial charge >= 0.3 is 0 Å². The van der Waals surface area contributed by atoms with Gasteiger partial charge in [0, 0.05) is 17.8 Å². The number of aromatic nitrogens is 6. The molecule has 8 nitrogen and oxygen atoms in total. The molecular weight excluding hydrogens is 463 g/mol. The van der Waals surface area contributed by atoms with Crippen LogP contribution in [0.4, 0.5) is 22.0 Å². The van der Waals surface area contributed by atoms with Gasteiger partial charge in [-0.25, -0.2) is 4.39 Å². The first-order valence-electron chi connectivity index (χ1n) is 10.8. The Balaban J connectivity index is 1.38. The van der Waals surface area contributed by atoms with Crippen LogP contribution in [-0.4, -0.2) is 29.7 Å². The number of anilines is 3. The molecule has 0 saturated heterocycles. The maximum absolute atomic E-state index is 13.2. The number of hydrogen-bond donors (Lipinski definition) is 2. The Kier molecular flexibility index (Phi) is 6.62. The fourth-order valence-electron chi connectivity index (χ4n) is 3.47. The molecule has 0 bridgehead atoms. The van der Waals surface area contributed by atoms with Crippen molar-refractivity contribution in [1.82, 2.24) is 29.7 Å². The molecule has 10 heteroatoms. The van der Waals surface area contributed by atoms with E-state index in [9.17, 15) is 4.39 Å². The number of hydrogen-bond acceptors (Lipinski definition) is 8. The summed E-state index contributed by atoms with van der Waals surface area (Å²) in [5.74, 6) is 1.78. The molecular formula is C25H21FN8S. The summed E-state index contributed by atoms with van der Waals surface area (Å²) in [6, 6.07) is 26.0. The lowest BCUT2D eigenvalue weighted by molar-refractivity contribution is 0.628. The molecule has 3 N–H and O–H groups in total. The fraction of sp³-hybridized carbons (Fsp3) is 0.0800. The number of nitrogen functional groups attached to an aromatic ring is 1. The largest absolute Gasteiger partial charge is 0.368 e. The van der Waals surface area contributed by atoms with Crippen molar-refractivity contribution in [1.29, 1.82) is 0 Å². The Morgan fingerprint density at radius 1 is 0.829 bits per heavy atom. The Labute approximate surface area is 205 Å². The maximum atomic E-state index is 13.2. The minimum absolute atomic E-state index is 0.0921. The predicted octanol–water partition coefficient (Wildman–Crippen LogP) is 4.80. The number of benzene rings is 3. The fourth-order valence-corrected chi connectivity index (χ4v) is 4.30. The number of halogens is 1. The number of para-hydroxylation sites is 1. The number of nitrogens with two attached hydrogens (primary N) is 1. The zero-order valence-electron chi connectivity index (χ0n) is 18.5. The van der Waals surface area contributed by atoms with Crippen molar-refractivity contribution in [2.75, 3.05) is 11.1 Å². The number of nitrogens with zero attached hydrogens (tertiary/aromatic N) is 6. The molecule has 2 heterocycles. The summed E-state index contributed by atoms with van der Waals surface area (Å²) < 4.78 is 15.2. The molecule has 0 aliphatic heterocycles. The number of rotatable bonds is 8. The second-order valence-electron chi connectivity index (χ2n) is 7.59. The van der Waals surface area contributed by atoms with E-state index in [0.717, 1.165) is 17.1 Å². The molecule has 0 unspecified atom stereocenters. The van der Waals surface area contributed by atoms with E-state index in [1.54, 1.807) is 12.1 Å². The van der Waals surface area contributed by atoms with Gasteiger partial charge in [-0.1, -0.05) is 60.3 Å². The van der Waals surface area contributed by atoms with Gasteiger partial charge in [-0.05, 0) is 42.0 Å². The van der Waals surface area contributed by atoms with Gasteiger partial charge in [0.2, 0.25) is 11.9 Å². The van der Waals surface area contributed by atoms with Crippen LogP contribution in [0.15, 0.2) is 90.1 Å². The van der Waals surface area contributed by atoms with E-state index < -0.39 is 0 Å². The summed E-state index contributed by atoms with van der Waals surface area (Å²) in [6.07, 6.45) is 0.647. The van der Waals surface area contributed by atoms with E-state index in [1.807, 2.05) is 53.1 Å². The van der Waals surface area contributed by atoms with Gasteiger partial charge in [0.1, 0.15) is 17.5 Å². The highest BCUT2D eigenvalue weighted by molar-refractivity contribution is 7.98. The summed E-state index contributed by atoms with van der Waals surface area (Å²) in [7, 11) is 0. The molecule has 0 radical (unpaired) electrons.